The summed E-state index contributed by atoms with van der Waals surface area (Å²) in [4.78, 5) is 15.3. The Morgan fingerprint density at radius 1 is 1.44 bits per heavy atom. The zero-order valence-electron chi connectivity index (χ0n) is 9.96. The van der Waals surface area contributed by atoms with Crippen LogP contribution in [-0.4, -0.2) is 22.2 Å². The molecule has 4 nitrogen and oxygen atoms in total. The number of hydrogen-bond acceptors (Lipinski definition) is 3. The van der Waals surface area contributed by atoms with E-state index in [1.807, 2.05) is 25.1 Å². The highest BCUT2D eigenvalue weighted by atomic mass is 16.5. The number of para-hydroxylation sites is 1. The van der Waals surface area contributed by atoms with Gasteiger partial charge in [-0.2, -0.15) is 0 Å². The second-order valence-corrected chi connectivity index (χ2v) is 3.89. The van der Waals surface area contributed by atoms with Gasteiger partial charge >= 0.3 is 5.97 Å². The number of aryl methyl sites for hydroxylation is 1. The maximum absolute atomic E-state index is 10.9. The van der Waals surface area contributed by atoms with E-state index in [0.29, 0.717) is 11.3 Å². The summed E-state index contributed by atoms with van der Waals surface area (Å²) in [5.41, 5.74) is 1.51. The Balaban J connectivity index is 2.47. The Hall–Kier alpha value is -2.36. The number of nitrogens with zero attached hydrogens (tertiary/aromatic N) is 1. The molecule has 0 fully saturated rings. The molecule has 92 valence electrons. The van der Waals surface area contributed by atoms with Gasteiger partial charge in [0.2, 0.25) is 6.10 Å². The van der Waals surface area contributed by atoms with Crippen molar-refractivity contribution in [3.63, 3.8) is 0 Å². The van der Waals surface area contributed by atoms with Crippen LogP contribution >= 0.6 is 0 Å². The molecule has 2 aromatic rings. The third-order valence-electron chi connectivity index (χ3n) is 2.53. The Labute approximate surface area is 105 Å². The third kappa shape index (κ3) is 2.32. The number of hydrogen-bond donors (Lipinski definition) is 1. The van der Waals surface area contributed by atoms with Crippen LogP contribution in [0.25, 0.3) is 10.9 Å². The van der Waals surface area contributed by atoms with Crippen molar-refractivity contribution in [3.05, 3.63) is 48.7 Å². The van der Waals surface area contributed by atoms with Crippen LogP contribution in [0.3, 0.4) is 0 Å². The number of aromatic nitrogens is 1. The number of carboxylic acids is 1. The van der Waals surface area contributed by atoms with Crippen LogP contribution in [0.1, 0.15) is 5.69 Å². The first-order valence-electron chi connectivity index (χ1n) is 5.50. The number of fused-ring (bicyclic) bond motifs is 1. The van der Waals surface area contributed by atoms with Gasteiger partial charge in [-0.25, -0.2) is 9.78 Å². The average Bonchev–Trinajstić information content (AvgIpc) is 2.35. The Morgan fingerprint density at radius 2 is 2.22 bits per heavy atom. The average molecular weight is 243 g/mol. The maximum Gasteiger partial charge on any atom is 0.349 e. The molecule has 1 heterocycles. The molecule has 0 aliphatic carbocycles. The van der Waals surface area contributed by atoms with Gasteiger partial charge in [-0.15, -0.1) is 0 Å². The van der Waals surface area contributed by atoms with E-state index in [4.69, 9.17) is 9.84 Å². The molecular formula is C14H13NO3. The van der Waals surface area contributed by atoms with Crippen LogP contribution in [0.2, 0.25) is 0 Å². The molecular weight excluding hydrogens is 230 g/mol. The number of ether oxygens (including phenoxy) is 1. The van der Waals surface area contributed by atoms with Gasteiger partial charge in [0, 0.05) is 11.1 Å². The van der Waals surface area contributed by atoms with E-state index in [1.54, 1.807) is 12.1 Å². The SMILES string of the molecule is C=CC(Oc1cccc2ccc(C)nc12)C(=O)O. The molecule has 1 aromatic carbocycles. The molecule has 4 heteroatoms. The van der Waals surface area contributed by atoms with Gasteiger partial charge in [-0.1, -0.05) is 24.8 Å². The molecule has 0 amide bonds. The van der Waals surface area contributed by atoms with E-state index in [0.717, 1.165) is 11.1 Å². The molecule has 1 N–H and O–H groups in total. The molecule has 0 radical (unpaired) electrons. The van der Waals surface area contributed by atoms with Gasteiger partial charge < -0.3 is 9.84 Å². The van der Waals surface area contributed by atoms with Crippen molar-refractivity contribution in [3.8, 4) is 5.75 Å². The monoisotopic (exact) mass is 243 g/mol. The molecule has 1 atom stereocenters. The van der Waals surface area contributed by atoms with Crippen LogP contribution in [0.4, 0.5) is 0 Å². The first-order chi connectivity index (χ1) is 8.61. The molecule has 1 aromatic heterocycles. The standard InChI is InChI=1S/C14H13NO3/c1-3-11(14(16)17)18-12-6-4-5-10-8-7-9(2)15-13(10)12/h3-8,11H,1H2,2H3,(H,16,17). The molecule has 0 spiro atoms. The van der Waals surface area contributed by atoms with Crippen molar-refractivity contribution in [2.45, 2.75) is 13.0 Å². The second-order valence-electron chi connectivity index (χ2n) is 3.89. The Kier molecular flexibility index (Phi) is 3.28. The van der Waals surface area contributed by atoms with Gasteiger partial charge in [0.25, 0.3) is 0 Å². The number of carbonyl (C=O) groups is 1. The summed E-state index contributed by atoms with van der Waals surface area (Å²) in [6, 6.07) is 9.23. The van der Waals surface area contributed by atoms with Crippen LogP contribution in [0.15, 0.2) is 43.0 Å². The van der Waals surface area contributed by atoms with E-state index in [1.165, 1.54) is 6.08 Å². The largest absolute Gasteiger partial charge is 0.478 e. The summed E-state index contributed by atoms with van der Waals surface area (Å²) in [7, 11) is 0. The summed E-state index contributed by atoms with van der Waals surface area (Å²) >= 11 is 0. The van der Waals surface area contributed by atoms with Gasteiger partial charge in [0.05, 0.1) is 0 Å². The molecule has 2 rings (SSSR count). The summed E-state index contributed by atoms with van der Waals surface area (Å²) in [6.07, 6.45) is 0.176. The number of rotatable bonds is 4. The van der Waals surface area contributed by atoms with Crippen LogP contribution < -0.4 is 4.74 Å². The van der Waals surface area contributed by atoms with E-state index >= 15 is 0 Å². The fourth-order valence-corrected chi connectivity index (χ4v) is 1.65. The quantitative estimate of drug-likeness (QED) is 0.838. The predicted molar refractivity (Wildman–Crippen MR) is 68.7 cm³/mol. The van der Waals surface area contributed by atoms with Crippen LogP contribution in [-0.2, 0) is 4.79 Å². The normalized spacial score (nSPS) is 12.1. The van der Waals surface area contributed by atoms with E-state index in [9.17, 15) is 4.79 Å². The van der Waals surface area contributed by atoms with Gasteiger partial charge in [0.1, 0.15) is 11.3 Å². The summed E-state index contributed by atoms with van der Waals surface area (Å²) in [5.74, 6) is -0.627. The predicted octanol–water partition coefficient (Wildman–Crippen LogP) is 2.56. The Bertz CT molecular complexity index is 607. The molecule has 18 heavy (non-hydrogen) atoms. The smallest absolute Gasteiger partial charge is 0.349 e. The summed E-state index contributed by atoms with van der Waals surface area (Å²) in [5, 5.41) is 9.85. The van der Waals surface area contributed by atoms with Crippen molar-refractivity contribution in [1.82, 2.24) is 4.98 Å². The molecule has 0 saturated carbocycles. The summed E-state index contributed by atoms with van der Waals surface area (Å²) < 4.78 is 5.41. The van der Waals surface area contributed by atoms with E-state index in [2.05, 4.69) is 11.6 Å². The van der Waals surface area contributed by atoms with Crippen molar-refractivity contribution < 1.29 is 14.6 Å². The lowest BCUT2D eigenvalue weighted by Gasteiger charge is -2.12. The first kappa shape index (κ1) is 12.1. The molecule has 0 aliphatic rings. The lowest BCUT2D eigenvalue weighted by atomic mass is 10.2. The lowest BCUT2D eigenvalue weighted by molar-refractivity contribution is -0.142. The zero-order chi connectivity index (χ0) is 13.1. The highest BCUT2D eigenvalue weighted by Gasteiger charge is 2.16. The van der Waals surface area contributed by atoms with E-state index in [-0.39, 0.29) is 0 Å². The van der Waals surface area contributed by atoms with E-state index < -0.39 is 12.1 Å². The number of benzene rings is 1. The molecule has 0 bridgehead atoms. The minimum atomic E-state index is -1.07. The van der Waals surface area contributed by atoms with Crippen molar-refractivity contribution >= 4 is 16.9 Å². The first-order valence-corrected chi connectivity index (χ1v) is 5.50. The fourth-order valence-electron chi connectivity index (χ4n) is 1.65. The minimum Gasteiger partial charge on any atom is -0.478 e. The van der Waals surface area contributed by atoms with Crippen molar-refractivity contribution in [2.24, 2.45) is 0 Å². The highest BCUT2D eigenvalue weighted by molar-refractivity contribution is 5.85. The van der Waals surface area contributed by atoms with Crippen LogP contribution in [0, 0.1) is 6.92 Å². The molecule has 0 aliphatic heterocycles. The van der Waals surface area contributed by atoms with Gasteiger partial charge in [-0.05, 0) is 25.1 Å². The Morgan fingerprint density at radius 3 is 2.89 bits per heavy atom. The van der Waals surface area contributed by atoms with Crippen LogP contribution in [0.5, 0.6) is 5.75 Å². The maximum atomic E-state index is 10.9. The number of pyridine rings is 1. The zero-order valence-corrected chi connectivity index (χ0v) is 9.96. The summed E-state index contributed by atoms with van der Waals surface area (Å²) in [6.45, 7) is 5.32. The molecule has 1 unspecified atom stereocenters. The fraction of sp³-hybridized carbons (Fsp3) is 0.143. The number of aliphatic carboxylic acids is 1. The topological polar surface area (TPSA) is 59.4 Å². The minimum absolute atomic E-state index is 0.448. The molecule has 0 saturated heterocycles. The van der Waals surface area contributed by atoms with Gasteiger partial charge in [0.15, 0.2) is 0 Å². The highest BCUT2D eigenvalue weighted by Crippen LogP contribution is 2.25. The van der Waals surface area contributed by atoms with Gasteiger partial charge in [-0.3, -0.25) is 0 Å². The number of carboxylic acid groups (broad SMARTS) is 1. The van der Waals surface area contributed by atoms with Crippen molar-refractivity contribution in [2.75, 3.05) is 0 Å². The lowest BCUT2D eigenvalue weighted by Crippen LogP contribution is -2.24. The van der Waals surface area contributed by atoms with Crippen molar-refractivity contribution in [1.29, 1.82) is 0 Å². The third-order valence-corrected chi connectivity index (χ3v) is 2.53. The second kappa shape index (κ2) is 4.87.